The number of carbonyl (C=O) groups excluding carboxylic acids is 2. The van der Waals surface area contributed by atoms with Gasteiger partial charge in [-0.05, 0) is 43.5 Å². The molecule has 0 aromatic heterocycles. The molecule has 0 atom stereocenters. The summed E-state index contributed by atoms with van der Waals surface area (Å²) in [7, 11) is 0. The number of hydrogen-bond acceptors (Lipinski definition) is 2. The molecule has 2 nitrogen and oxygen atoms in total. The quantitative estimate of drug-likeness (QED) is 0.247. The van der Waals surface area contributed by atoms with Crippen molar-refractivity contribution < 1.29 is 9.59 Å². The topological polar surface area (TPSA) is 34.1 Å². The maximum absolute atomic E-state index is 12.0. The van der Waals surface area contributed by atoms with E-state index in [1.54, 1.807) is 30.3 Å². The minimum Gasteiger partial charge on any atom is -0.294 e. The third-order valence-electron chi connectivity index (χ3n) is 2.63. The second kappa shape index (κ2) is 8.13. The molecule has 0 aliphatic rings. The maximum Gasteiger partial charge on any atom is 0.166 e. The van der Waals surface area contributed by atoms with Gasteiger partial charge < -0.3 is 0 Å². The van der Waals surface area contributed by atoms with E-state index in [9.17, 15) is 9.59 Å². The highest BCUT2D eigenvalue weighted by molar-refractivity contribution is 6.30. The molecule has 0 saturated carbocycles. The molecule has 0 aliphatic carbocycles. The van der Waals surface area contributed by atoms with Crippen LogP contribution in [0.2, 0.25) is 5.02 Å². The van der Waals surface area contributed by atoms with Crippen molar-refractivity contribution in [1.82, 2.24) is 0 Å². The zero-order valence-corrected chi connectivity index (χ0v) is 12.3. The van der Waals surface area contributed by atoms with Gasteiger partial charge in [-0.25, -0.2) is 0 Å². The molecule has 0 bridgehead atoms. The Balaban J connectivity index is 2.88. The lowest BCUT2D eigenvalue weighted by Gasteiger charge is -2.03. The van der Waals surface area contributed by atoms with Gasteiger partial charge in [0.1, 0.15) is 0 Å². The molecule has 0 N–H and O–H groups in total. The summed E-state index contributed by atoms with van der Waals surface area (Å²) in [6, 6.07) is 7.05. The van der Waals surface area contributed by atoms with Crippen molar-refractivity contribution in [2.24, 2.45) is 0 Å². The average Bonchev–Trinajstić information content (AvgIpc) is 2.36. The Kier molecular flexibility index (Phi) is 6.82. The van der Waals surface area contributed by atoms with Crippen LogP contribution in [-0.2, 0) is 9.59 Å². The van der Waals surface area contributed by atoms with Crippen LogP contribution in [0.4, 0.5) is 0 Å². The molecule has 0 unspecified atom stereocenters. The molecule has 0 heterocycles. The summed E-state index contributed by atoms with van der Waals surface area (Å²) in [4.78, 5) is 23.5. The molecule has 0 saturated heterocycles. The summed E-state index contributed by atoms with van der Waals surface area (Å²) in [5.74, 6) is 0.161. The Labute approximate surface area is 123 Å². The Hall–Kier alpha value is -1.12. The number of ketones is 2. The van der Waals surface area contributed by atoms with E-state index >= 15 is 0 Å². The fourth-order valence-electron chi connectivity index (χ4n) is 1.66. The zero-order chi connectivity index (χ0) is 14.3. The highest BCUT2D eigenvalue weighted by Gasteiger charge is 2.13. The Morgan fingerprint density at radius 1 is 1.26 bits per heavy atom. The van der Waals surface area contributed by atoms with E-state index < -0.39 is 0 Å². The van der Waals surface area contributed by atoms with Crippen molar-refractivity contribution in [3.63, 3.8) is 0 Å². The maximum atomic E-state index is 12.0. The van der Waals surface area contributed by atoms with Crippen molar-refractivity contribution in [1.29, 1.82) is 0 Å². The standard InChI is InChI=1S/C15H16Cl2O2/c1-11(18)14(15(19)7-2-3-8-16)10-12-5-4-6-13(17)9-12/h4-6,9-10H,2-3,7-8H2,1H3. The number of hydrogen-bond donors (Lipinski definition) is 0. The number of alkyl halides is 1. The van der Waals surface area contributed by atoms with Gasteiger partial charge in [0.05, 0.1) is 5.57 Å². The molecule has 19 heavy (non-hydrogen) atoms. The van der Waals surface area contributed by atoms with Gasteiger partial charge in [0.2, 0.25) is 0 Å². The number of Topliss-reactive ketones (excluding diaryl/α,β-unsaturated/α-hetero) is 2. The molecule has 1 rings (SSSR count). The van der Waals surface area contributed by atoms with Gasteiger partial charge >= 0.3 is 0 Å². The van der Waals surface area contributed by atoms with E-state index in [0.29, 0.717) is 23.7 Å². The van der Waals surface area contributed by atoms with Crippen LogP contribution in [0.15, 0.2) is 29.8 Å². The van der Waals surface area contributed by atoms with Crippen LogP contribution in [0.1, 0.15) is 31.7 Å². The summed E-state index contributed by atoms with van der Waals surface area (Å²) in [5, 5.41) is 0.575. The highest BCUT2D eigenvalue weighted by Crippen LogP contribution is 2.16. The normalized spacial score (nSPS) is 11.4. The lowest BCUT2D eigenvalue weighted by Crippen LogP contribution is -2.10. The van der Waals surface area contributed by atoms with E-state index in [1.807, 2.05) is 0 Å². The number of rotatable bonds is 7. The summed E-state index contributed by atoms with van der Waals surface area (Å²) in [5.41, 5.74) is 0.972. The fourth-order valence-corrected chi connectivity index (χ4v) is 2.04. The van der Waals surface area contributed by atoms with Crippen molar-refractivity contribution in [2.45, 2.75) is 26.2 Å². The molecule has 0 spiro atoms. The Morgan fingerprint density at radius 2 is 2.00 bits per heavy atom. The van der Waals surface area contributed by atoms with E-state index in [4.69, 9.17) is 23.2 Å². The summed E-state index contributed by atoms with van der Waals surface area (Å²) in [6.45, 7) is 1.40. The fraction of sp³-hybridized carbons (Fsp3) is 0.333. The second-order valence-corrected chi connectivity index (χ2v) is 5.05. The lowest BCUT2D eigenvalue weighted by molar-refractivity contribution is -0.120. The smallest absolute Gasteiger partial charge is 0.166 e. The molecule has 0 fully saturated rings. The average molecular weight is 299 g/mol. The van der Waals surface area contributed by atoms with Crippen LogP contribution in [0.25, 0.3) is 6.08 Å². The molecule has 1 aromatic carbocycles. The minimum atomic E-state index is -0.226. The van der Waals surface area contributed by atoms with Crippen LogP contribution in [0.5, 0.6) is 0 Å². The predicted molar refractivity (Wildman–Crippen MR) is 79.7 cm³/mol. The first-order valence-corrected chi connectivity index (χ1v) is 7.03. The number of allylic oxidation sites excluding steroid dienone is 1. The third-order valence-corrected chi connectivity index (χ3v) is 3.13. The van der Waals surface area contributed by atoms with Crippen molar-refractivity contribution >= 4 is 40.8 Å². The molecular formula is C15H16Cl2O2. The number of halogens is 2. The molecule has 0 aliphatic heterocycles. The van der Waals surface area contributed by atoms with Crippen molar-refractivity contribution in [2.75, 3.05) is 5.88 Å². The van der Waals surface area contributed by atoms with Gasteiger partial charge in [-0.1, -0.05) is 23.7 Å². The van der Waals surface area contributed by atoms with Gasteiger partial charge in [0.25, 0.3) is 0 Å². The monoisotopic (exact) mass is 298 g/mol. The first kappa shape index (κ1) is 15.9. The van der Waals surface area contributed by atoms with Crippen LogP contribution < -0.4 is 0 Å². The van der Waals surface area contributed by atoms with Crippen LogP contribution >= 0.6 is 23.2 Å². The number of carbonyl (C=O) groups is 2. The SMILES string of the molecule is CC(=O)C(=Cc1cccc(Cl)c1)C(=O)CCCCCl. The Morgan fingerprint density at radius 3 is 2.58 bits per heavy atom. The van der Waals surface area contributed by atoms with Crippen LogP contribution in [0.3, 0.4) is 0 Å². The van der Waals surface area contributed by atoms with Crippen molar-refractivity contribution in [3.8, 4) is 0 Å². The van der Waals surface area contributed by atoms with Crippen LogP contribution in [0, 0.1) is 0 Å². The summed E-state index contributed by atoms with van der Waals surface area (Å²) < 4.78 is 0. The molecule has 0 amide bonds. The van der Waals surface area contributed by atoms with Gasteiger partial charge in [0, 0.05) is 17.3 Å². The van der Waals surface area contributed by atoms with Crippen LogP contribution in [-0.4, -0.2) is 17.4 Å². The van der Waals surface area contributed by atoms with Gasteiger partial charge in [-0.2, -0.15) is 0 Å². The van der Waals surface area contributed by atoms with E-state index in [-0.39, 0.29) is 17.1 Å². The van der Waals surface area contributed by atoms with E-state index in [0.717, 1.165) is 12.0 Å². The predicted octanol–water partition coefficient (Wildman–Crippen LogP) is 4.29. The number of unbranched alkanes of at least 4 members (excludes halogenated alkanes) is 1. The van der Waals surface area contributed by atoms with Gasteiger partial charge in [-0.15, -0.1) is 11.6 Å². The third kappa shape index (κ3) is 5.58. The minimum absolute atomic E-state index is 0.141. The van der Waals surface area contributed by atoms with Gasteiger partial charge in [0.15, 0.2) is 11.6 Å². The van der Waals surface area contributed by atoms with E-state index in [2.05, 4.69) is 0 Å². The molecule has 102 valence electrons. The van der Waals surface area contributed by atoms with Gasteiger partial charge in [-0.3, -0.25) is 9.59 Å². The molecule has 4 heteroatoms. The van der Waals surface area contributed by atoms with E-state index in [1.165, 1.54) is 6.92 Å². The second-order valence-electron chi connectivity index (χ2n) is 4.24. The summed E-state index contributed by atoms with van der Waals surface area (Å²) in [6.07, 6.45) is 3.41. The molecular weight excluding hydrogens is 283 g/mol. The Bertz CT molecular complexity index is 493. The molecule has 1 aromatic rings. The van der Waals surface area contributed by atoms with Crippen molar-refractivity contribution in [3.05, 3.63) is 40.4 Å². The number of benzene rings is 1. The first-order valence-electron chi connectivity index (χ1n) is 6.12. The lowest BCUT2D eigenvalue weighted by atomic mass is 10.00. The largest absolute Gasteiger partial charge is 0.294 e. The summed E-state index contributed by atoms with van der Waals surface area (Å²) >= 11 is 11.4. The highest BCUT2D eigenvalue weighted by atomic mass is 35.5. The molecule has 0 radical (unpaired) electrons. The first-order chi connectivity index (χ1) is 9.04. The zero-order valence-electron chi connectivity index (χ0n) is 10.8.